The molecule has 0 bridgehead atoms. The molecule has 0 unspecified atom stereocenters. The number of aliphatic hydroxyl groups is 1. The molecule has 0 saturated heterocycles. The van der Waals surface area contributed by atoms with Crippen LogP contribution in [0.25, 0.3) is 0 Å². The zero-order valence-electron chi connectivity index (χ0n) is 8.00. The van der Waals surface area contributed by atoms with Gasteiger partial charge in [-0.05, 0) is 19.6 Å². The third-order valence-electron chi connectivity index (χ3n) is 1.29. The molecule has 0 amide bonds. The zero-order chi connectivity index (χ0) is 9.45. The predicted molar refractivity (Wildman–Crippen MR) is 54.2 cm³/mol. The first kappa shape index (κ1) is 12.4. The molecular weight excluding hydrogens is 192 g/mol. The molecule has 0 fully saturated rings. The molecule has 0 spiro atoms. The van der Waals surface area contributed by atoms with E-state index in [4.69, 9.17) is 14.0 Å². The van der Waals surface area contributed by atoms with Crippen molar-refractivity contribution in [2.24, 2.45) is 0 Å². The van der Waals surface area contributed by atoms with E-state index in [9.17, 15) is 0 Å². The van der Waals surface area contributed by atoms with Gasteiger partial charge in [0.2, 0.25) is 0 Å². The first-order chi connectivity index (χ1) is 5.74. The van der Waals surface area contributed by atoms with Crippen molar-refractivity contribution in [2.45, 2.75) is 20.8 Å². The fourth-order valence-corrected chi connectivity index (χ4v) is 5.57. The van der Waals surface area contributed by atoms with Gasteiger partial charge in [-0.3, -0.25) is 0 Å². The molecule has 0 heterocycles. The Kier molecular flexibility index (Phi) is 7.17. The van der Waals surface area contributed by atoms with Crippen LogP contribution >= 0.6 is 11.2 Å². The van der Waals surface area contributed by atoms with Crippen molar-refractivity contribution in [3.8, 4) is 0 Å². The monoisotopic (exact) mass is 210 g/mol. The third-order valence-corrected chi connectivity index (χ3v) is 7.14. The van der Waals surface area contributed by atoms with Gasteiger partial charge >= 0.3 is 7.71 Å². The Morgan fingerprint density at radius 2 is 1.67 bits per heavy atom. The van der Waals surface area contributed by atoms with Crippen LogP contribution in [0.15, 0.2) is 0 Å². The molecule has 0 aromatic rings. The average Bonchev–Trinajstić information content (AvgIpc) is 2.06. The van der Waals surface area contributed by atoms with Crippen LogP contribution < -0.4 is 0 Å². The summed E-state index contributed by atoms with van der Waals surface area (Å²) >= 11 is 1.62. The van der Waals surface area contributed by atoms with Crippen molar-refractivity contribution in [3.63, 3.8) is 0 Å². The molecule has 0 atom stereocenters. The van der Waals surface area contributed by atoms with E-state index in [1.807, 2.05) is 20.8 Å². The average molecular weight is 210 g/mol. The maximum absolute atomic E-state index is 9.16. The Morgan fingerprint density at radius 1 is 1.17 bits per heavy atom. The second-order valence-electron chi connectivity index (χ2n) is 2.14. The van der Waals surface area contributed by atoms with E-state index < -0.39 is 7.71 Å². The van der Waals surface area contributed by atoms with E-state index in [1.54, 1.807) is 11.2 Å². The molecule has 12 heavy (non-hydrogen) atoms. The zero-order valence-corrected chi connectivity index (χ0v) is 9.82. The van der Waals surface area contributed by atoms with Gasteiger partial charge in [-0.1, -0.05) is 6.92 Å². The maximum atomic E-state index is 9.16. The number of hydrogen-bond acceptors (Lipinski definition) is 4. The van der Waals surface area contributed by atoms with Gasteiger partial charge in [-0.2, -0.15) is 0 Å². The van der Waals surface area contributed by atoms with E-state index in [1.165, 1.54) is 0 Å². The van der Waals surface area contributed by atoms with E-state index >= 15 is 0 Å². The van der Waals surface area contributed by atoms with Gasteiger partial charge in [0, 0.05) is 13.2 Å². The quantitative estimate of drug-likeness (QED) is 0.643. The fourth-order valence-electron chi connectivity index (χ4n) is 0.922. The highest BCUT2D eigenvalue weighted by atomic mass is 32.4. The largest absolute Gasteiger partial charge is 0.432 e. The summed E-state index contributed by atoms with van der Waals surface area (Å²) in [6.45, 7) is 7.11. The van der Waals surface area contributed by atoms with Gasteiger partial charge in [-0.25, -0.2) is 0 Å². The summed E-state index contributed by atoms with van der Waals surface area (Å²) in [6, 6.07) is 0. The summed E-state index contributed by atoms with van der Waals surface area (Å²) in [5.74, 6) is 0.923. The Balaban J connectivity index is 4.06. The van der Waals surface area contributed by atoms with E-state index in [-0.39, 0.29) is 6.23 Å². The minimum absolute atomic E-state index is 0.0349. The molecule has 0 aliphatic heterocycles. The highest BCUT2D eigenvalue weighted by Gasteiger charge is 2.37. The second-order valence-corrected chi connectivity index (χ2v) is 8.00. The van der Waals surface area contributed by atoms with E-state index in [0.717, 1.165) is 5.75 Å². The molecule has 0 aliphatic carbocycles. The van der Waals surface area contributed by atoms with Crippen LogP contribution in [0.3, 0.4) is 0 Å². The predicted octanol–water partition coefficient (Wildman–Crippen LogP) is 1.28. The van der Waals surface area contributed by atoms with Crippen molar-refractivity contribution < 1.29 is 14.0 Å². The highest BCUT2D eigenvalue weighted by Crippen LogP contribution is 2.22. The maximum Gasteiger partial charge on any atom is 0.432 e. The van der Waals surface area contributed by atoms with Gasteiger partial charge in [0.05, 0.1) is 6.23 Å². The molecule has 0 rings (SSSR count). The summed E-state index contributed by atoms with van der Waals surface area (Å²) in [6.07, 6.45) is 0.0349. The van der Waals surface area contributed by atoms with Gasteiger partial charge in [0.15, 0.2) is 0 Å². The van der Waals surface area contributed by atoms with Gasteiger partial charge in [0.1, 0.15) is 0 Å². The molecular formula is C7H18O3SSi. The van der Waals surface area contributed by atoms with Crippen molar-refractivity contribution in [2.75, 3.05) is 25.2 Å². The van der Waals surface area contributed by atoms with Crippen LogP contribution in [0.4, 0.5) is 0 Å². The Labute approximate surface area is 79.3 Å². The number of aliphatic hydroxyl groups excluding tert-OH is 1. The minimum atomic E-state index is -2.30. The molecule has 1 N–H and O–H groups in total. The van der Waals surface area contributed by atoms with Crippen LogP contribution in [-0.2, 0) is 8.85 Å². The SMILES string of the molecule is CCO[Si](CO)(OCC)SCC. The molecule has 74 valence electrons. The Bertz CT molecular complexity index is 95.8. The lowest BCUT2D eigenvalue weighted by atomic mass is 10.9. The lowest BCUT2D eigenvalue weighted by Crippen LogP contribution is -2.43. The highest BCUT2D eigenvalue weighted by molar-refractivity contribution is 8.27. The van der Waals surface area contributed by atoms with Gasteiger partial charge in [-0.15, -0.1) is 11.2 Å². The van der Waals surface area contributed by atoms with Crippen molar-refractivity contribution in [3.05, 3.63) is 0 Å². The fraction of sp³-hybridized carbons (Fsp3) is 1.00. The first-order valence-corrected chi connectivity index (χ1v) is 8.00. The lowest BCUT2D eigenvalue weighted by molar-refractivity contribution is 0.174. The summed E-state index contributed by atoms with van der Waals surface area (Å²) in [5, 5.41) is 9.16. The lowest BCUT2D eigenvalue weighted by Gasteiger charge is -2.26. The van der Waals surface area contributed by atoms with Crippen LogP contribution in [-0.4, -0.2) is 38.0 Å². The van der Waals surface area contributed by atoms with Crippen LogP contribution in [0.1, 0.15) is 20.8 Å². The second kappa shape index (κ2) is 6.91. The van der Waals surface area contributed by atoms with Crippen LogP contribution in [0.2, 0.25) is 0 Å². The van der Waals surface area contributed by atoms with E-state index in [2.05, 4.69) is 0 Å². The molecule has 0 aromatic carbocycles. The normalized spacial score (nSPS) is 12.0. The minimum Gasteiger partial charge on any atom is -0.394 e. The number of hydrogen-bond donors (Lipinski definition) is 1. The summed E-state index contributed by atoms with van der Waals surface area (Å²) in [7, 11) is -2.30. The number of rotatable bonds is 7. The van der Waals surface area contributed by atoms with Crippen molar-refractivity contribution in [1.82, 2.24) is 0 Å². The molecule has 3 nitrogen and oxygen atoms in total. The van der Waals surface area contributed by atoms with Crippen LogP contribution in [0.5, 0.6) is 0 Å². The van der Waals surface area contributed by atoms with Crippen molar-refractivity contribution in [1.29, 1.82) is 0 Å². The van der Waals surface area contributed by atoms with Gasteiger partial charge in [0.25, 0.3) is 0 Å². The standard InChI is InChI=1S/C7H18O3SSi/c1-4-9-12(7-8,10-5-2)11-6-3/h8H,4-7H2,1-3H3. The molecule has 0 saturated carbocycles. The van der Waals surface area contributed by atoms with Gasteiger partial charge < -0.3 is 14.0 Å². The van der Waals surface area contributed by atoms with E-state index in [0.29, 0.717) is 13.2 Å². The molecule has 0 radical (unpaired) electrons. The first-order valence-electron chi connectivity index (χ1n) is 4.27. The summed E-state index contributed by atoms with van der Waals surface area (Å²) in [5.41, 5.74) is 0. The Morgan fingerprint density at radius 3 is 1.92 bits per heavy atom. The Hall–Kier alpha value is 0.447. The molecule has 0 aliphatic rings. The smallest absolute Gasteiger partial charge is 0.394 e. The summed E-state index contributed by atoms with van der Waals surface area (Å²) < 4.78 is 11.0. The third kappa shape index (κ3) is 3.91. The molecule has 5 heteroatoms. The molecule has 0 aromatic heterocycles. The topological polar surface area (TPSA) is 38.7 Å². The van der Waals surface area contributed by atoms with Crippen molar-refractivity contribution >= 4 is 18.9 Å². The van der Waals surface area contributed by atoms with Crippen LogP contribution in [0, 0.1) is 0 Å². The summed E-state index contributed by atoms with van der Waals surface area (Å²) in [4.78, 5) is 0.